The molecule has 0 aliphatic heterocycles. The molecule has 0 unspecified atom stereocenters. The maximum atomic E-state index is 11.0. The van der Waals surface area contributed by atoms with Gasteiger partial charge in [-0.25, -0.2) is 13.6 Å². The van der Waals surface area contributed by atoms with E-state index in [4.69, 9.17) is 9.88 Å². The van der Waals surface area contributed by atoms with Crippen LogP contribution >= 0.6 is 0 Å². The molecule has 3 N–H and O–H groups in total. The molecule has 0 atom stereocenters. The average Bonchev–Trinajstić information content (AvgIpc) is 2.78. The molecule has 0 bridgehead atoms. The summed E-state index contributed by atoms with van der Waals surface area (Å²) in [6.45, 7) is 0.275. The number of sulfonamides is 1. The van der Waals surface area contributed by atoms with Gasteiger partial charge in [-0.1, -0.05) is 12.1 Å². The zero-order chi connectivity index (χ0) is 12.3. The molecule has 0 saturated carbocycles. The summed E-state index contributed by atoms with van der Waals surface area (Å²) < 4.78 is 27.3. The standard InChI is InChI=1S/C9H10N4O3S/c10-17(14,15)8-3-1-7(2-4-8)6-16-9-5-11-13-12-9/h1-5H,6H2,(H2,10,14,15)(H,11,12,13). The number of aromatic amines is 1. The Morgan fingerprint density at radius 2 is 2.00 bits per heavy atom. The van der Waals surface area contributed by atoms with Crippen LogP contribution in [0, 0.1) is 0 Å². The normalized spacial score (nSPS) is 11.4. The van der Waals surface area contributed by atoms with E-state index in [0.717, 1.165) is 5.56 Å². The van der Waals surface area contributed by atoms with Gasteiger partial charge in [0.1, 0.15) is 12.8 Å². The van der Waals surface area contributed by atoms with Crippen LogP contribution < -0.4 is 9.88 Å². The van der Waals surface area contributed by atoms with Gasteiger partial charge in [0.05, 0.1) is 4.90 Å². The molecular formula is C9H10N4O3S. The number of hydrogen-bond acceptors (Lipinski definition) is 5. The highest BCUT2D eigenvalue weighted by Crippen LogP contribution is 2.10. The maximum absolute atomic E-state index is 11.0. The minimum absolute atomic E-state index is 0.0719. The van der Waals surface area contributed by atoms with Gasteiger partial charge in [0.2, 0.25) is 10.0 Å². The first-order valence-electron chi connectivity index (χ1n) is 4.66. The Morgan fingerprint density at radius 3 is 2.53 bits per heavy atom. The van der Waals surface area contributed by atoms with Crippen LogP contribution in [0.5, 0.6) is 5.88 Å². The SMILES string of the molecule is NS(=O)(=O)c1ccc(COc2cn[nH]n2)cc1. The molecule has 7 nitrogen and oxygen atoms in total. The number of nitrogens with two attached hydrogens (primary N) is 1. The highest BCUT2D eigenvalue weighted by molar-refractivity contribution is 7.89. The molecule has 17 heavy (non-hydrogen) atoms. The van der Waals surface area contributed by atoms with Crippen molar-refractivity contribution in [2.45, 2.75) is 11.5 Å². The van der Waals surface area contributed by atoms with E-state index in [1.54, 1.807) is 12.1 Å². The second-order valence-electron chi connectivity index (χ2n) is 3.29. The Morgan fingerprint density at radius 1 is 1.29 bits per heavy atom. The van der Waals surface area contributed by atoms with Crippen molar-refractivity contribution in [1.29, 1.82) is 0 Å². The largest absolute Gasteiger partial charge is 0.471 e. The van der Waals surface area contributed by atoms with E-state index in [2.05, 4.69) is 15.4 Å². The number of aromatic nitrogens is 3. The first kappa shape index (κ1) is 11.6. The summed E-state index contributed by atoms with van der Waals surface area (Å²) in [6.07, 6.45) is 1.44. The summed E-state index contributed by atoms with van der Waals surface area (Å²) in [5, 5.41) is 14.7. The van der Waals surface area contributed by atoms with E-state index < -0.39 is 10.0 Å². The Labute approximate surface area is 97.7 Å². The second kappa shape index (κ2) is 4.52. The molecule has 8 heteroatoms. The fourth-order valence-electron chi connectivity index (χ4n) is 1.19. The predicted octanol–water partition coefficient (Wildman–Crippen LogP) is 0.0311. The number of nitrogens with zero attached hydrogens (tertiary/aromatic N) is 2. The fraction of sp³-hybridized carbons (Fsp3) is 0.111. The highest BCUT2D eigenvalue weighted by atomic mass is 32.2. The van der Waals surface area contributed by atoms with E-state index in [9.17, 15) is 8.42 Å². The lowest BCUT2D eigenvalue weighted by Crippen LogP contribution is -2.12. The van der Waals surface area contributed by atoms with Crippen LogP contribution in [-0.4, -0.2) is 23.8 Å². The van der Waals surface area contributed by atoms with E-state index in [1.165, 1.54) is 18.3 Å². The van der Waals surface area contributed by atoms with Crippen molar-refractivity contribution in [2.75, 3.05) is 0 Å². The number of hydrogen-bond donors (Lipinski definition) is 2. The smallest absolute Gasteiger partial charge is 0.253 e. The lowest BCUT2D eigenvalue weighted by molar-refractivity contribution is 0.293. The summed E-state index contributed by atoms with van der Waals surface area (Å²) >= 11 is 0. The average molecular weight is 254 g/mol. The molecule has 0 saturated heterocycles. The molecule has 2 rings (SSSR count). The summed E-state index contributed by atoms with van der Waals surface area (Å²) in [6, 6.07) is 6.10. The van der Waals surface area contributed by atoms with Crippen molar-refractivity contribution in [2.24, 2.45) is 5.14 Å². The summed E-state index contributed by atoms with van der Waals surface area (Å²) in [5.41, 5.74) is 0.806. The monoisotopic (exact) mass is 254 g/mol. The number of rotatable bonds is 4. The molecular weight excluding hydrogens is 244 g/mol. The van der Waals surface area contributed by atoms with E-state index in [1.807, 2.05) is 0 Å². The van der Waals surface area contributed by atoms with E-state index >= 15 is 0 Å². The molecule has 0 aliphatic carbocycles. The van der Waals surface area contributed by atoms with Gasteiger partial charge in [-0.15, -0.1) is 5.10 Å². The molecule has 0 aliphatic rings. The van der Waals surface area contributed by atoms with Gasteiger partial charge in [0.25, 0.3) is 5.88 Å². The molecule has 0 amide bonds. The van der Waals surface area contributed by atoms with Gasteiger partial charge < -0.3 is 4.74 Å². The molecule has 2 aromatic rings. The molecule has 0 spiro atoms. The summed E-state index contributed by atoms with van der Waals surface area (Å²) in [4.78, 5) is 0.0719. The van der Waals surface area contributed by atoms with Crippen molar-refractivity contribution in [3.63, 3.8) is 0 Å². The Bertz CT molecular complexity index is 577. The summed E-state index contributed by atoms with van der Waals surface area (Å²) in [7, 11) is -3.65. The quantitative estimate of drug-likeness (QED) is 0.799. The van der Waals surface area contributed by atoms with Gasteiger partial charge in [0.15, 0.2) is 0 Å². The third-order valence-electron chi connectivity index (χ3n) is 2.03. The Kier molecular flexibility index (Phi) is 3.07. The van der Waals surface area contributed by atoms with Crippen LogP contribution in [0.2, 0.25) is 0 Å². The number of benzene rings is 1. The number of primary sulfonamides is 1. The lowest BCUT2D eigenvalue weighted by Gasteiger charge is -2.03. The Balaban J connectivity index is 2.04. The topological polar surface area (TPSA) is 111 Å². The lowest BCUT2D eigenvalue weighted by atomic mass is 10.2. The molecule has 0 radical (unpaired) electrons. The van der Waals surface area contributed by atoms with Crippen LogP contribution in [0.4, 0.5) is 0 Å². The van der Waals surface area contributed by atoms with E-state index in [0.29, 0.717) is 5.88 Å². The predicted molar refractivity (Wildman–Crippen MR) is 58.5 cm³/mol. The maximum Gasteiger partial charge on any atom is 0.253 e. The van der Waals surface area contributed by atoms with Crippen molar-refractivity contribution in [3.8, 4) is 5.88 Å². The molecule has 1 aromatic heterocycles. The zero-order valence-corrected chi connectivity index (χ0v) is 9.52. The molecule has 0 fully saturated rings. The Hall–Kier alpha value is -1.93. The van der Waals surface area contributed by atoms with Crippen molar-refractivity contribution < 1.29 is 13.2 Å². The summed E-state index contributed by atoms with van der Waals surface area (Å²) in [5.74, 6) is 0.375. The van der Waals surface area contributed by atoms with Crippen LogP contribution in [-0.2, 0) is 16.6 Å². The zero-order valence-electron chi connectivity index (χ0n) is 8.70. The molecule has 1 heterocycles. The van der Waals surface area contributed by atoms with Crippen molar-refractivity contribution >= 4 is 10.0 Å². The minimum Gasteiger partial charge on any atom is -0.471 e. The van der Waals surface area contributed by atoms with Gasteiger partial charge in [-0.05, 0) is 17.7 Å². The number of ether oxygens (including phenoxy) is 1. The van der Waals surface area contributed by atoms with Gasteiger partial charge in [-0.2, -0.15) is 10.3 Å². The number of nitrogens with one attached hydrogen (secondary N) is 1. The third-order valence-corrected chi connectivity index (χ3v) is 2.96. The van der Waals surface area contributed by atoms with E-state index in [-0.39, 0.29) is 11.5 Å². The van der Waals surface area contributed by atoms with Gasteiger partial charge in [0, 0.05) is 0 Å². The van der Waals surface area contributed by atoms with Crippen molar-refractivity contribution in [3.05, 3.63) is 36.0 Å². The van der Waals surface area contributed by atoms with Crippen LogP contribution in [0.3, 0.4) is 0 Å². The third kappa shape index (κ3) is 3.02. The van der Waals surface area contributed by atoms with Gasteiger partial charge in [-0.3, -0.25) is 0 Å². The molecule has 90 valence electrons. The van der Waals surface area contributed by atoms with Crippen LogP contribution in [0.25, 0.3) is 0 Å². The first-order valence-corrected chi connectivity index (χ1v) is 6.20. The fourth-order valence-corrected chi connectivity index (χ4v) is 1.71. The van der Waals surface area contributed by atoms with Gasteiger partial charge >= 0.3 is 0 Å². The molecule has 1 aromatic carbocycles. The highest BCUT2D eigenvalue weighted by Gasteiger charge is 2.06. The first-order chi connectivity index (χ1) is 8.05. The van der Waals surface area contributed by atoms with Crippen LogP contribution in [0.1, 0.15) is 5.56 Å². The second-order valence-corrected chi connectivity index (χ2v) is 4.85. The number of H-pyrrole nitrogens is 1. The van der Waals surface area contributed by atoms with Crippen LogP contribution in [0.15, 0.2) is 35.4 Å². The minimum atomic E-state index is -3.65. The van der Waals surface area contributed by atoms with Crippen molar-refractivity contribution in [1.82, 2.24) is 15.4 Å².